The van der Waals surface area contributed by atoms with E-state index in [0.717, 1.165) is 0 Å². The summed E-state index contributed by atoms with van der Waals surface area (Å²) in [6.45, 7) is 1.63. The molecule has 0 spiro atoms. The van der Waals surface area contributed by atoms with Crippen LogP contribution in [0.15, 0.2) is 23.4 Å². The second kappa shape index (κ2) is 7.12. The predicted molar refractivity (Wildman–Crippen MR) is 85.2 cm³/mol. The lowest BCUT2D eigenvalue weighted by atomic mass is 9.94. The molecule has 0 aromatic heterocycles. The van der Waals surface area contributed by atoms with E-state index in [1.165, 1.54) is 28.4 Å². The Labute approximate surface area is 139 Å². The quantitative estimate of drug-likeness (QED) is 0.792. The summed E-state index contributed by atoms with van der Waals surface area (Å²) in [7, 11) is 5.77. The van der Waals surface area contributed by atoms with Gasteiger partial charge in [0, 0.05) is 17.3 Å². The van der Waals surface area contributed by atoms with Crippen LogP contribution < -0.4 is 24.8 Å². The van der Waals surface area contributed by atoms with Crippen LogP contribution >= 0.6 is 0 Å². The van der Waals surface area contributed by atoms with Gasteiger partial charge in [0.25, 0.3) is 0 Å². The van der Waals surface area contributed by atoms with E-state index >= 15 is 0 Å². The largest absolute Gasteiger partial charge is 0.496 e. The van der Waals surface area contributed by atoms with Crippen LogP contribution in [0.5, 0.6) is 17.2 Å². The predicted octanol–water partition coefficient (Wildman–Crippen LogP) is 1.51. The number of hydrogen-bond acceptors (Lipinski definition) is 6. The van der Waals surface area contributed by atoms with Gasteiger partial charge in [0.05, 0.1) is 40.1 Å². The molecule has 0 bridgehead atoms. The minimum Gasteiger partial charge on any atom is -0.496 e. The highest BCUT2D eigenvalue weighted by Crippen LogP contribution is 2.40. The third-order valence-corrected chi connectivity index (χ3v) is 3.72. The Hall–Kier alpha value is -2.90. The molecule has 1 aromatic rings. The van der Waals surface area contributed by atoms with E-state index in [9.17, 15) is 9.59 Å². The summed E-state index contributed by atoms with van der Waals surface area (Å²) < 4.78 is 20.8. The zero-order valence-electron chi connectivity index (χ0n) is 14.2. The van der Waals surface area contributed by atoms with Crippen molar-refractivity contribution in [3.63, 3.8) is 0 Å². The fourth-order valence-electron chi connectivity index (χ4n) is 2.59. The summed E-state index contributed by atoms with van der Waals surface area (Å²) >= 11 is 0. The van der Waals surface area contributed by atoms with Gasteiger partial charge in [0.15, 0.2) is 11.5 Å². The number of rotatable bonds is 5. The summed E-state index contributed by atoms with van der Waals surface area (Å²) in [5.74, 6) is 0.803. The summed E-state index contributed by atoms with van der Waals surface area (Å²) in [6, 6.07) is 2.11. The molecule has 2 rings (SSSR count). The van der Waals surface area contributed by atoms with E-state index in [-0.39, 0.29) is 5.57 Å². The molecule has 0 radical (unpaired) electrons. The monoisotopic (exact) mass is 336 g/mol. The SMILES string of the molecule is COC(=O)C1=C(C)NC(=O)N[C@@H]1c1cc(OC)c(OC)cc1OC. The van der Waals surface area contributed by atoms with Gasteiger partial charge in [-0.1, -0.05) is 0 Å². The van der Waals surface area contributed by atoms with Gasteiger partial charge in [0.1, 0.15) is 5.75 Å². The Morgan fingerprint density at radius 1 is 1.00 bits per heavy atom. The van der Waals surface area contributed by atoms with Gasteiger partial charge in [-0.2, -0.15) is 0 Å². The van der Waals surface area contributed by atoms with Crippen molar-refractivity contribution in [3.05, 3.63) is 29.0 Å². The van der Waals surface area contributed by atoms with Crippen molar-refractivity contribution in [1.82, 2.24) is 10.6 Å². The second-order valence-electron chi connectivity index (χ2n) is 5.01. The van der Waals surface area contributed by atoms with Gasteiger partial charge in [-0.3, -0.25) is 0 Å². The van der Waals surface area contributed by atoms with Crippen LogP contribution in [-0.4, -0.2) is 40.4 Å². The van der Waals surface area contributed by atoms with Crippen molar-refractivity contribution in [3.8, 4) is 17.2 Å². The summed E-state index contributed by atoms with van der Waals surface area (Å²) in [5, 5.41) is 5.27. The van der Waals surface area contributed by atoms with E-state index in [1.54, 1.807) is 19.1 Å². The van der Waals surface area contributed by atoms with E-state index in [2.05, 4.69) is 10.6 Å². The molecular formula is C16H20N2O6. The van der Waals surface area contributed by atoms with Crippen LogP contribution in [-0.2, 0) is 9.53 Å². The molecule has 2 N–H and O–H groups in total. The third-order valence-electron chi connectivity index (χ3n) is 3.72. The van der Waals surface area contributed by atoms with E-state index in [4.69, 9.17) is 18.9 Å². The number of urea groups is 1. The van der Waals surface area contributed by atoms with Crippen molar-refractivity contribution in [2.75, 3.05) is 28.4 Å². The Morgan fingerprint density at radius 3 is 2.12 bits per heavy atom. The standard InChI is InChI=1S/C16H20N2O6/c1-8-13(15(19)24-5)14(18-16(20)17-8)9-6-11(22-3)12(23-4)7-10(9)21-2/h6-7,14H,1-5H3,(H2,17,18,20)/t14-/m1/s1. The van der Waals surface area contributed by atoms with Crippen LogP contribution in [0, 0.1) is 0 Å². The Bertz CT molecular complexity index is 698. The Morgan fingerprint density at radius 2 is 1.58 bits per heavy atom. The maximum absolute atomic E-state index is 12.2. The number of allylic oxidation sites excluding steroid dienone is 1. The number of amides is 2. The highest BCUT2D eigenvalue weighted by atomic mass is 16.5. The molecule has 1 aromatic carbocycles. The van der Waals surface area contributed by atoms with Gasteiger partial charge in [-0.25, -0.2) is 9.59 Å². The number of esters is 1. The number of benzene rings is 1. The second-order valence-corrected chi connectivity index (χ2v) is 5.01. The fraction of sp³-hybridized carbons (Fsp3) is 0.375. The highest BCUT2D eigenvalue weighted by Gasteiger charge is 2.34. The van der Waals surface area contributed by atoms with Crippen LogP contribution in [0.1, 0.15) is 18.5 Å². The lowest BCUT2D eigenvalue weighted by molar-refractivity contribution is -0.136. The van der Waals surface area contributed by atoms with Crippen molar-refractivity contribution >= 4 is 12.0 Å². The van der Waals surface area contributed by atoms with Crippen molar-refractivity contribution in [1.29, 1.82) is 0 Å². The molecule has 130 valence electrons. The van der Waals surface area contributed by atoms with Gasteiger partial charge in [-0.05, 0) is 13.0 Å². The molecule has 1 aliphatic rings. The molecule has 2 amide bonds. The number of methoxy groups -OCH3 is 4. The lowest BCUT2D eigenvalue weighted by Gasteiger charge is -2.29. The molecule has 8 heteroatoms. The molecular weight excluding hydrogens is 316 g/mol. The van der Waals surface area contributed by atoms with Crippen molar-refractivity contribution in [2.24, 2.45) is 0 Å². The molecule has 1 heterocycles. The van der Waals surface area contributed by atoms with Gasteiger partial charge in [-0.15, -0.1) is 0 Å². The maximum atomic E-state index is 12.2. The average Bonchev–Trinajstić information content (AvgIpc) is 2.59. The molecule has 0 saturated carbocycles. The smallest absolute Gasteiger partial charge is 0.337 e. The van der Waals surface area contributed by atoms with Gasteiger partial charge in [0.2, 0.25) is 0 Å². The molecule has 0 unspecified atom stereocenters. The van der Waals surface area contributed by atoms with Crippen LogP contribution in [0.4, 0.5) is 4.79 Å². The van der Waals surface area contributed by atoms with E-state index in [0.29, 0.717) is 28.5 Å². The molecule has 0 fully saturated rings. The molecule has 8 nitrogen and oxygen atoms in total. The Kier molecular flexibility index (Phi) is 5.18. The number of carbonyl (C=O) groups is 2. The first-order valence-corrected chi connectivity index (χ1v) is 7.13. The molecule has 1 aliphatic heterocycles. The first-order chi connectivity index (χ1) is 11.5. The minimum atomic E-state index is -0.749. The number of carbonyl (C=O) groups excluding carboxylic acids is 2. The lowest BCUT2D eigenvalue weighted by Crippen LogP contribution is -2.45. The molecule has 0 saturated heterocycles. The van der Waals surface area contributed by atoms with Gasteiger partial charge < -0.3 is 29.6 Å². The van der Waals surface area contributed by atoms with E-state index < -0.39 is 18.0 Å². The molecule has 1 atom stereocenters. The first-order valence-electron chi connectivity index (χ1n) is 7.13. The first kappa shape index (κ1) is 17.5. The third kappa shape index (κ3) is 3.08. The minimum absolute atomic E-state index is 0.280. The Balaban J connectivity index is 2.65. The zero-order valence-corrected chi connectivity index (χ0v) is 14.2. The summed E-state index contributed by atoms with van der Waals surface area (Å²) in [5.41, 5.74) is 1.24. The molecule has 0 aliphatic carbocycles. The van der Waals surface area contributed by atoms with Crippen LogP contribution in [0.25, 0.3) is 0 Å². The average molecular weight is 336 g/mol. The normalized spacial score (nSPS) is 16.9. The fourth-order valence-corrected chi connectivity index (χ4v) is 2.59. The molecule has 24 heavy (non-hydrogen) atoms. The van der Waals surface area contributed by atoms with Crippen LogP contribution in [0.3, 0.4) is 0 Å². The van der Waals surface area contributed by atoms with Crippen molar-refractivity contribution in [2.45, 2.75) is 13.0 Å². The van der Waals surface area contributed by atoms with E-state index in [1.807, 2.05) is 0 Å². The number of nitrogens with one attached hydrogen (secondary N) is 2. The maximum Gasteiger partial charge on any atom is 0.337 e. The summed E-state index contributed by atoms with van der Waals surface area (Å²) in [4.78, 5) is 24.1. The van der Waals surface area contributed by atoms with Crippen LogP contribution in [0.2, 0.25) is 0 Å². The highest BCUT2D eigenvalue weighted by molar-refractivity contribution is 5.95. The number of hydrogen-bond donors (Lipinski definition) is 2. The van der Waals surface area contributed by atoms with Crippen molar-refractivity contribution < 1.29 is 28.5 Å². The summed E-state index contributed by atoms with van der Waals surface area (Å²) in [6.07, 6.45) is 0. The topological polar surface area (TPSA) is 95.1 Å². The number of ether oxygens (including phenoxy) is 4. The zero-order chi connectivity index (χ0) is 17.9. The van der Waals surface area contributed by atoms with Gasteiger partial charge >= 0.3 is 12.0 Å².